The van der Waals surface area contributed by atoms with E-state index in [0.717, 1.165) is 51.3 Å². The van der Waals surface area contributed by atoms with E-state index in [1.54, 1.807) is 19.4 Å². The molecule has 4 rings (SSSR count). The molecule has 0 aliphatic carbocycles. The molecule has 10 heteroatoms. The van der Waals surface area contributed by atoms with Crippen LogP contribution in [-0.4, -0.2) is 67.3 Å². The van der Waals surface area contributed by atoms with Crippen LogP contribution in [0.1, 0.15) is 30.3 Å². The standard InChI is InChI=1S/C24H31ClFN5O3/c1-33-11-10-31-8-5-16(6-9-31)13-27-14-21-23-18(4-7-28-21)24(32)30-22(29-23)15-34-17-2-3-20(26)19(25)12-17/h2-4,7,12,16,24,27,32H,5-6,8-11,13-15H2,1H3,(H,29,30). The zero-order chi connectivity index (χ0) is 23.9. The molecule has 2 aliphatic heterocycles. The zero-order valence-electron chi connectivity index (χ0n) is 19.3. The highest BCUT2D eigenvalue weighted by Crippen LogP contribution is 2.31. The number of amidine groups is 1. The van der Waals surface area contributed by atoms with Crippen LogP contribution >= 0.6 is 11.6 Å². The molecule has 0 bridgehead atoms. The number of nitrogens with one attached hydrogen (secondary N) is 2. The number of pyridine rings is 1. The highest BCUT2D eigenvalue weighted by Gasteiger charge is 2.24. The molecule has 1 unspecified atom stereocenters. The molecule has 3 N–H and O–H groups in total. The first kappa shape index (κ1) is 24.8. The fourth-order valence-electron chi connectivity index (χ4n) is 4.22. The van der Waals surface area contributed by atoms with Crippen LogP contribution < -0.4 is 15.4 Å². The van der Waals surface area contributed by atoms with Crippen molar-refractivity contribution in [2.45, 2.75) is 25.6 Å². The summed E-state index contributed by atoms with van der Waals surface area (Å²) < 4.78 is 24.2. The van der Waals surface area contributed by atoms with Crippen molar-refractivity contribution < 1.29 is 19.0 Å². The van der Waals surface area contributed by atoms with Crippen molar-refractivity contribution >= 4 is 23.1 Å². The molecule has 1 saturated heterocycles. The minimum atomic E-state index is -0.916. The van der Waals surface area contributed by atoms with Crippen LogP contribution in [0.25, 0.3) is 0 Å². The number of piperidine rings is 1. The van der Waals surface area contributed by atoms with Gasteiger partial charge in [0.05, 0.1) is 23.0 Å². The monoisotopic (exact) mass is 491 g/mol. The molecule has 1 aromatic carbocycles. The van der Waals surface area contributed by atoms with Crippen LogP contribution in [0.2, 0.25) is 5.02 Å². The predicted molar refractivity (Wildman–Crippen MR) is 129 cm³/mol. The first-order chi connectivity index (χ1) is 16.5. The summed E-state index contributed by atoms with van der Waals surface area (Å²) >= 11 is 5.81. The molecule has 34 heavy (non-hydrogen) atoms. The Balaban J connectivity index is 1.33. The Morgan fingerprint density at radius 1 is 1.29 bits per heavy atom. The van der Waals surface area contributed by atoms with E-state index in [4.69, 9.17) is 21.1 Å². The molecule has 1 aromatic heterocycles. The molecule has 0 spiro atoms. The second kappa shape index (κ2) is 11.9. The number of likely N-dealkylation sites (tertiary alicyclic amines) is 1. The van der Waals surface area contributed by atoms with Crippen molar-refractivity contribution in [2.24, 2.45) is 10.9 Å². The number of methoxy groups -OCH3 is 1. The van der Waals surface area contributed by atoms with Gasteiger partial charge in [0.1, 0.15) is 24.0 Å². The number of halogens is 2. The van der Waals surface area contributed by atoms with E-state index >= 15 is 0 Å². The van der Waals surface area contributed by atoms with E-state index in [2.05, 4.69) is 25.5 Å². The summed E-state index contributed by atoms with van der Waals surface area (Å²) in [4.78, 5) is 11.6. The normalized spacial score (nSPS) is 18.8. The summed E-state index contributed by atoms with van der Waals surface area (Å²) in [6.45, 7) is 5.51. The number of ether oxygens (including phenoxy) is 2. The molecule has 1 fully saturated rings. The number of aliphatic imine (C=N–C) groups is 1. The lowest BCUT2D eigenvalue weighted by Gasteiger charge is -2.31. The van der Waals surface area contributed by atoms with E-state index < -0.39 is 12.0 Å². The molecule has 1 atom stereocenters. The van der Waals surface area contributed by atoms with E-state index in [-0.39, 0.29) is 11.6 Å². The van der Waals surface area contributed by atoms with E-state index in [0.29, 0.717) is 35.3 Å². The Hall–Kier alpha value is -2.30. The Labute approximate surface area is 204 Å². The summed E-state index contributed by atoms with van der Waals surface area (Å²) in [7, 11) is 1.74. The molecule has 0 radical (unpaired) electrons. The number of fused-ring (bicyclic) bond motifs is 1. The Bertz CT molecular complexity index is 1000. The summed E-state index contributed by atoms with van der Waals surface area (Å²) in [5, 5.41) is 17.0. The van der Waals surface area contributed by atoms with Crippen LogP contribution in [0.3, 0.4) is 0 Å². The lowest BCUT2D eigenvalue weighted by molar-refractivity contribution is 0.120. The van der Waals surface area contributed by atoms with Crippen LogP contribution in [0.4, 0.5) is 10.1 Å². The molecule has 8 nitrogen and oxygen atoms in total. The third kappa shape index (κ3) is 6.43. The lowest BCUT2D eigenvalue weighted by Crippen LogP contribution is -2.38. The Kier molecular flexibility index (Phi) is 8.69. The average Bonchev–Trinajstić information content (AvgIpc) is 2.84. The van der Waals surface area contributed by atoms with Crippen LogP contribution in [0.15, 0.2) is 35.5 Å². The first-order valence-electron chi connectivity index (χ1n) is 11.5. The van der Waals surface area contributed by atoms with Gasteiger partial charge in [-0.3, -0.25) is 4.98 Å². The third-order valence-corrected chi connectivity index (χ3v) is 6.48. The van der Waals surface area contributed by atoms with Crippen LogP contribution in [0, 0.1) is 11.7 Å². The van der Waals surface area contributed by atoms with Gasteiger partial charge in [-0.15, -0.1) is 0 Å². The fourth-order valence-corrected chi connectivity index (χ4v) is 4.39. The second-order valence-electron chi connectivity index (χ2n) is 8.57. The highest BCUT2D eigenvalue weighted by atomic mass is 35.5. The van der Waals surface area contributed by atoms with Gasteiger partial charge in [-0.05, 0) is 56.6 Å². The van der Waals surface area contributed by atoms with Crippen molar-refractivity contribution in [3.63, 3.8) is 0 Å². The van der Waals surface area contributed by atoms with Crippen molar-refractivity contribution in [1.82, 2.24) is 20.5 Å². The zero-order valence-corrected chi connectivity index (χ0v) is 20.0. The lowest BCUT2D eigenvalue weighted by atomic mass is 9.97. The van der Waals surface area contributed by atoms with Crippen molar-refractivity contribution in [3.05, 3.63) is 52.6 Å². The second-order valence-corrected chi connectivity index (χ2v) is 8.98. The summed E-state index contributed by atoms with van der Waals surface area (Å²) in [5.74, 6) is 0.989. The topological polar surface area (TPSA) is 91.2 Å². The van der Waals surface area contributed by atoms with Gasteiger partial charge in [0.2, 0.25) is 0 Å². The molecule has 0 saturated carbocycles. The molecule has 2 aromatic rings. The molecule has 2 aliphatic rings. The average molecular weight is 492 g/mol. The molecular formula is C24H31ClFN5O3. The van der Waals surface area contributed by atoms with Crippen molar-refractivity contribution in [1.29, 1.82) is 0 Å². The fraction of sp³-hybridized carbons (Fsp3) is 0.500. The molecular weight excluding hydrogens is 461 g/mol. The minimum absolute atomic E-state index is 0.0142. The van der Waals surface area contributed by atoms with Gasteiger partial charge in [0.15, 0.2) is 6.23 Å². The van der Waals surface area contributed by atoms with Crippen molar-refractivity contribution in [2.75, 3.05) is 46.5 Å². The van der Waals surface area contributed by atoms with Gasteiger partial charge < -0.3 is 30.1 Å². The predicted octanol–water partition coefficient (Wildman–Crippen LogP) is 3.03. The number of rotatable bonds is 10. The largest absolute Gasteiger partial charge is 0.486 e. The number of aliphatic hydroxyl groups is 1. The highest BCUT2D eigenvalue weighted by molar-refractivity contribution is 6.30. The van der Waals surface area contributed by atoms with Crippen LogP contribution in [0.5, 0.6) is 5.75 Å². The third-order valence-electron chi connectivity index (χ3n) is 6.19. The van der Waals surface area contributed by atoms with Gasteiger partial charge >= 0.3 is 0 Å². The van der Waals surface area contributed by atoms with Gasteiger partial charge in [-0.2, -0.15) is 0 Å². The maximum absolute atomic E-state index is 13.4. The summed E-state index contributed by atoms with van der Waals surface area (Å²) in [6, 6.07) is 5.90. The SMILES string of the molecule is COCCN1CCC(CNCc2nccc3c2N=C(COc2ccc(F)c(Cl)c2)NC3O)CC1. The maximum Gasteiger partial charge on any atom is 0.154 e. The minimum Gasteiger partial charge on any atom is -0.486 e. The van der Waals surface area contributed by atoms with Crippen molar-refractivity contribution in [3.8, 4) is 5.75 Å². The Morgan fingerprint density at radius 3 is 2.88 bits per heavy atom. The van der Waals surface area contributed by atoms with Gasteiger partial charge in [0.25, 0.3) is 0 Å². The molecule has 3 heterocycles. The van der Waals surface area contributed by atoms with E-state index in [1.807, 2.05) is 0 Å². The number of aliphatic hydroxyl groups excluding tert-OH is 1. The number of nitrogens with zero attached hydrogens (tertiary/aromatic N) is 3. The van der Waals surface area contributed by atoms with E-state index in [9.17, 15) is 9.50 Å². The molecule has 0 amide bonds. The van der Waals surface area contributed by atoms with E-state index in [1.165, 1.54) is 18.2 Å². The van der Waals surface area contributed by atoms with Gasteiger partial charge in [-0.1, -0.05) is 11.6 Å². The number of aromatic nitrogens is 1. The maximum atomic E-state index is 13.4. The van der Waals surface area contributed by atoms with Gasteiger partial charge in [-0.25, -0.2) is 9.38 Å². The van der Waals surface area contributed by atoms with Gasteiger partial charge in [0, 0.05) is 38.0 Å². The summed E-state index contributed by atoms with van der Waals surface area (Å²) in [5.41, 5.74) is 2.09. The molecule has 184 valence electrons. The summed E-state index contributed by atoms with van der Waals surface area (Å²) in [6.07, 6.45) is 3.09. The van der Waals surface area contributed by atoms with Crippen LogP contribution in [-0.2, 0) is 11.3 Å². The Morgan fingerprint density at radius 2 is 2.12 bits per heavy atom. The quantitative estimate of drug-likeness (QED) is 0.470. The number of benzene rings is 1. The smallest absolute Gasteiger partial charge is 0.154 e. The number of hydrogen-bond acceptors (Lipinski definition) is 8. The number of hydrogen-bond donors (Lipinski definition) is 3. The first-order valence-corrected chi connectivity index (χ1v) is 11.9.